The minimum absolute atomic E-state index is 0.00126. The van der Waals surface area contributed by atoms with Gasteiger partial charge in [-0.15, -0.1) is 11.3 Å². The molecule has 0 N–H and O–H groups in total. The largest absolute Gasteiger partial charge is 0.450 e. The molecule has 0 spiro atoms. The first-order chi connectivity index (χ1) is 34.2. The summed E-state index contributed by atoms with van der Waals surface area (Å²) in [5.41, 5.74) is 18.7. The summed E-state index contributed by atoms with van der Waals surface area (Å²) in [6.45, 7) is 18.8. The van der Waals surface area contributed by atoms with Gasteiger partial charge < -0.3 is 19.2 Å². The zero-order chi connectivity index (χ0) is 48.3. The van der Waals surface area contributed by atoms with Gasteiger partial charge >= 0.3 is 6.85 Å². The van der Waals surface area contributed by atoms with Crippen LogP contribution in [0.5, 0.6) is 23.0 Å². The monoisotopic (exact) mass is 938 g/mol. The van der Waals surface area contributed by atoms with Crippen LogP contribution in [-0.2, 0) is 16.2 Å². The minimum atomic E-state index is -0.266. The number of anilines is 5. The van der Waals surface area contributed by atoms with Gasteiger partial charge in [0.25, 0.3) is 0 Å². The highest BCUT2D eigenvalue weighted by atomic mass is 32.1. The van der Waals surface area contributed by atoms with E-state index in [4.69, 9.17) is 9.47 Å². The van der Waals surface area contributed by atoms with Crippen molar-refractivity contribution in [3.8, 4) is 45.3 Å². The third-order valence-electron chi connectivity index (χ3n) is 16.4. The van der Waals surface area contributed by atoms with Crippen molar-refractivity contribution in [2.75, 3.05) is 9.71 Å². The fourth-order valence-corrected chi connectivity index (χ4v) is 13.8. The third kappa shape index (κ3) is 6.23. The molecule has 346 valence electrons. The Morgan fingerprint density at radius 2 is 1.20 bits per heavy atom. The summed E-state index contributed by atoms with van der Waals surface area (Å²) in [4.78, 5) is 5.32. The Balaban J connectivity index is 1.16. The van der Waals surface area contributed by atoms with E-state index < -0.39 is 0 Å². The standard InChI is InChI=1S/C65H55BN2O2S/c1-38-32-47-48(65(7,8)31-30-64(47,5)6)35-52(38)67-53-37-57-56(69-54-23-15-16-24-55(54)70-57)36-49(53)66-60-46(33-40-20-12-13-21-42(40)61(60)67)59-51(29-27-44-43-22-14-17-25-58(43)71-62(44)59)68(66)50-28-26-41(63(2,3)4)34-45(50)39-18-10-9-11-19-39/h9-29,32-37H,30-31H2,1-8H3. The van der Waals surface area contributed by atoms with Crippen LogP contribution in [0.3, 0.4) is 0 Å². The molecule has 71 heavy (non-hydrogen) atoms. The maximum Gasteiger partial charge on any atom is 0.333 e. The van der Waals surface area contributed by atoms with Gasteiger partial charge in [0.05, 0.1) is 5.69 Å². The van der Waals surface area contributed by atoms with Crippen molar-refractivity contribution >= 4 is 88.5 Å². The summed E-state index contributed by atoms with van der Waals surface area (Å²) in [7, 11) is 0. The van der Waals surface area contributed by atoms with Crippen molar-refractivity contribution in [3.63, 3.8) is 0 Å². The summed E-state index contributed by atoms with van der Waals surface area (Å²) >= 11 is 1.92. The number of aryl methyl sites for hydroxylation is 1. The van der Waals surface area contributed by atoms with Crippen molar-refractivity contribution in [1.82, 2.24) is 0 Å². The third-order valence-corrected chi connectivity index (χ3v) is 17.6. The fourth-order valence-electron chi connectivity index (χ4n) is 12.5. The van der Waals surface area contributed by atoms with Crippen LogP contribution >= 0.6 is 11.3 Å². The molecule has 1 aliphatic carbocycles. The Hall–Kier alpha value is -7.28. The van der Waals surface area contributed by atoms with Gasteiger partial charge in [-0.2, -0.15) is 0 Å². The second-order valence-corrected chi connectivity index (χ2v) is 23.8. The van der Waals surface area contributed by atoms with Crippen LogP contribution in [0.25, 0.3) is 53.2 Å². The van der Waals surface area contributed by atoms with E-state index >= 15 is 0 Å². The van der Waals surface area contributed by atoms with Gasteiger partial charge in [0.2, 0.25) is 0 Å². The number of fused-ring (bicyclic) bond motifs is 13. The zero-order valence-electron chi connectivity index (χ0n) is 41.7. The van der Waals surface area contributed by atoms with Gasteiger partial charge in [-0.1, -0.05) is 152 Å². The molecule has 0 fully saturated rings. The summed E-state index contributed by atoms with van der Waals surface area (Å²) in [6.07, 6.45) is 2.29. The maximum atomic E-state index is 6.92. The first kappa shape index (κ1) is 42.6. The molecule has 0 amide bonds. The molecule has 4 heterocycles. The molecule has 9 aromatic carbocycles. The predicted octanol–water partition coefficient (Wildman–Crippen LogP) is 17.4. The predicted molar refractivity (Wildman–Crippen MR) is 301 cm³/mol. The quantitative estimate of drug-likeness (QED) is 0.165. The Bertz CT molecular complexity index is 3920. The fraction of sp³-hybridized carbons (Fsp3) is 0.200. The number of para-hydroxylation sites is 2. The Labute approximate surface area is 421 Å². The van der Waals surface area contributed by atoms with E-state index in [-0.39, 0.29) is 23.1 Å². The lowest BCUT2D eigenvalue weighted by Crippen LogP contribution is -2.61. The van der Waals surface area contributed by atoms with Gasteiger partial charge in [-0.25, -0.2) is 0 Å². The van der Waals surface area contributed by atoms with Crippen LogP contribution in [-0.4, -0.2) is 6.85 Å². The number of hydrogen-bond donors (Lipinski definition) is 0. The van der Waals surface area contributed by atoms with Crippen LogP contribution in [0.2, 0.25) is 0 Å². The van der Waals surface area contributed by atoms with Gasteiger partial charge in [-0.3, -0.25) is 0 Å². The summed E-state index contributed by atoms with van der Waals surface area (Å²) < 4.78 is 16.4. The molecule has 0 saturated carbocycles. The molecule has 1 aromatic heterocycles. The highest BCUT2D eigenvalue weighted by Gasteiger charge is 2.49. The van der Waals surface area contributed by atoms with Crippen molar-refractivity contribution in [1.29, 1.82) is 0 Å². The first-order valence-corrected chi connectivity index (χ1v) is 26.1. The number of rotatable bonds is 3. The highest BCUT2D eigenvalue weighted by molar-refractivity contribution is 7.26. The number of hydrogen-bond acceptors (Lipinski definition) is 5. The number of ether oxygens (including phenoxy) is 2. The minimum Gasteiger partial charge on any atom is -0.450 e. The van der Waals surface area contributed by atoms with E-state index in [1.807, 2.05) is 35.6 Å². The molecule has 0 radical (unpaired) electrons. The normalized spacial score (nSPS) is 15.9. The SMILES string of the molecule is Cc1cc2c(cc1N1c3cc4c(cc3B3c5c(cc6ccccc6c51)-c1c(ccc5c1sc1ccccc15)N3c1ccc(C(C)(C)C)cc1-c1ccccc1)Oc1ccccc1O4)C(C)(C)CCC2(C)C. The van der Waals surface area contributed by atoms with Crippen LogP contribution in [0, 0.1) is 6.92 Å². The number of thiophene rings is 1. The summed E-state index contributed by atoms with van der Waals surface area (Å²) in [5, 5.41) is 5.02. The average Bonchev–Trinajstić information content (AvgIpc) is 3.76. The van der Waals surface area contributed by atoms with E-state index in [9.17, 15) is 0 Å². The molecule has 10 aromatic rings. The lowest BCUT2D eigenvalue weighted by molar-refractivity contribution is 0.332. The van der Waals surface area contributed by atoms with Crippen molar-refractivity contribution in [3.05, 3.63) is 186 Å². The second kappa shape index (κ2) is 14.9. The molecule has 6 heteroatoms. The van der Waals surface area contributed by atoms with Crippen molar-refractivity contribution < 1.29 is 9.47 Å². The molecule has 0 atom stereocenters. The summed E-state index contributed by atoms with van der Waals surface area (Å²) in [6, 6.07) is 61.3. The Morgan fingerprint density at radius 1 is 0.549 bits per heavy atom. The van der Waals surface area contributed by atoms with Gasteiger partial charge in [-0.05, 0) is 140 Å². The molecular formula is C65H55BN2O2S. The summed E-state index contributed by atoms with van der Waals surface area (Å²) in [5.74, 6) is 2.87. The molecule has 4 aliphatic rings. The van der Waals surface area contributed by atoms with Gasteiger partial charge in [0.15, 0.2) is 23.0 Å². The lowest BCUT2D eigenvalue weighted by Gasteiger charge is -2.48. The van der Waals surface area contributed by atoms with E-state index in [1.165, 1.54) is 98.0 Å². The van der Waals surface area contributed by atoms with Gasteiger partial charge in [0.1, 0.15) is 0 Å². The topological polar surface area (TPSA) is 24.9 Å². The molecular weight excluding hydrogens is 884 g/mol. The van der Waals surface area contributed by atoms with E-state index in [2.05, 4.69) is 205 Å². The molecule has 0 bridgehead atoms. The Kier molecular flexibility index (Phi) is 8.93. The number of benzene rings is 9. The molecule has 4 nitrogen and oxygen atoms in total. The van der Waals surface area contributed by atoms with Crippen LogP contribution in [0.15, 0.2) is 164 Å². The highest BCUT2D eigenvalue weighted by Crippen LogP contribution is 2.57. The van der Waals surface area contributed by atoms with E-state index in [0.717, 1.165) is 46.9 Å². The second-order valence-electron chi connectivity index (χ2n) is 22.8. The molecule has 0 saturated heterocycles. The van der Waals surface area contributed by atoms with Gasteiger partial charge in [0, 0.05) is 65.5 Å². The molecule has 0 unspecified atom stereocenters. The molecule has 3 aliphatic heterocycles. The first-order valence-electron chi connectivity index (χ1n) is 25.3. The average molecular weight is 939 g/mol. The Morgan fingerprint density at radius 3 is 1.94 bits per heavy atom. The lowest BCUT2D eigenvalue weighted by atomic mass is 9.43. The van der Waals surface area contributed by atoms with E-state index in [1.54, 1.807) is 0 Å². The maximum absolute atomic E-state index is 6.92. The van der Waals surface area contributed by atoms with Crippen LogP contribution < -0.4 is 30.1 Å². The van der Waals surface area contributed by atoms with Crippen molar-refractivity contribution in [2.45, 2.75) is 84.5 Å². The zero-order valence-corrected chi connectivity index (χ0v) is 42.5. The smallest absolute Gasteiger partial charge is 0.333 e. The number of nitrogens with zero attached hydrogens (tertiary/aromatic N) is 2. The van der Waals surface area contributed by atoms with Crippen LogP contribution in [0.4, 0.5) is 28.4 Å². The van der Waals surface area contributed by atoms with Crippen molar-refractivity contribution in [2.24, 2.45) is 0 Å². The van der Waals surface area contributed by atoms with E-state index in [0.29, 0.717) is 5.75 Å². The molecule has 14 rings (SSSR count). The van der Waals surface area contributed by atoms with Crippen LogP contribution in [0.1, 0.15) is 83.6 Å².